The third-order valence-corrected chi connectivity index (χ3v) is 3.30. The molecule has 2 rings (SSSR count). The molecule has 0 fully saturated rings. The van der Waals surface area contributed by atoms with Gasteiger partial charge in [-0.15, -0.1) is 0 Å². The molecule has 98 valence electrons. The van der Waals surface area contributed by atoms with Crippen molar-refractivity contribution in [3.63, 3.8) is 0 Å². The zero-order valence-electron chi connectivity index (χ0n) is 12.1. The van der Waals surface area contributed by atoms with Gasteiger partial charge in [0, 0.05) is 5.39 Å². The Morgan fingerprint density at radius 3 is 2.56 bits per heavy atom. The van der Waals surface area contributed by atoms with Crippen LogP contribution in [0.5, 0.6) is 0 Å². The molecule has 1 aromatic heterocycles. The van der Waals surface area contributed by atoms with Crippen LogP contribution in [0.3, 0.4) is 0 Å². The van der Waals surface area contributed by atoms with Gasteiger partial charge in [-0.2, -0.15) is 0 Å². The zero-order chi connectivity index (χ0) is 13.3. The van der Waals surface area contributed by atoms with Crippen molar-refractivity contribution in [3.8, 4) is 0 Å². The lowest BCUT2D eigenvalue weighted by Gasteiger charge is -2.05. The molecule has 0 aliphatic rings. The van der Waals surface area contributed by atoms with E-state index in [0.717, 1.165) is 24.4 Å². The Labute approximate surface area is 109 Å². The van der Waals surface area contributed by atoms with Gasteiger partial charge >= 0.3 is 0 Å². The van der Waals surface area contributed by atoms with Crippen LogP contribution in [0.25, 0.3) is 11.0 Å². The van der Waals surface area contributed by atoms with Gasteiger partial charge in [0.05, 0.1) is 6.54 Å². The van der Waals surface area contributed by atoms with Crippen LogP contribution >= 0.6 is 0 Å². The predicted molar refractivity (Wildman–Crippen MR) is 77.0 cm³/mol. The SMILES string of the molecule is Cc1cc(C)c2oc(CNCC(C)C)c(C)c2c1. The van der Waals surface area contributed by atoms with Crippen molar-refractivity contribution >= 4 is 11.0 Å². The van der Waals surface area contributed by atoms with E-state index in [1.54, 1.807) is 0 Å². The Hall–Kier alpha value is -1.28. The molecule has 0 saturated carbocycles. The maximum Gasteiger partial charge on any atom is 0.137 e. The summed E-state index contributed by atoms with van der Waals surface area (Å²) in [6, 6.07) is 4.39. The standard InChI is InChI=1S/C16H23NO/c1-10(2)8-17-9-15-13(5)14-7-11(3)6-12(4)16(14)18-15/h6-7,10,17H,8-9H2,1-5H3. The number of aryl methyl sites for hydroxylation is 3. The van der Waals surface area contributed by atoms with E-state index >= 15 is 0 Å². The molecule has 0 spiro atoms. The second kappa shape index (κ2) is 5.15. The number of hydrogen-bond donors (Lipinski definition) is 1. The minimum atomic E-state index is 0.665. The first-order chi connectivity index (χ1) is 8.49. The van der Waals surface area contributed by atoms with Gasteiger partial charge in [0.25, 0.3) is 0 Å². The van der Waals surface area contributed by atoms with Crippen molar-refractivity contribution in [3.05, 3.63) is 34.6 Å². The Bertz CT molecular complexity index is 552. The lowest BCUT2D eigenvalue weighted by molar-refractivity contribution is 0.482. The van der Waals surface area contributed by atoms with Crippen molar-refractivity contribution in [1.29, 1.82) is 0 Å². The van der Waals surface area contributed by atoms with Crippen LogP contribution in [0, 0.1) is 26.7 Å². The molecule has 0 bridgehead atoms. The first-order valence-electron chi connectivity index (χ1n) is 6.69. The summed E-state index contributed by atoms with van der Waals surface area (Å²) in [5.74, 6) is 1.73. The van der Waals surface area contributed by atoms with Crippen molar-refractivity contribution in [2.45, 2.75) is 41.2 Å². The molecule has 0 aliphatic carbocycles. The molecule has 1 aromatic carbocycles. The maximum atomic E-state index is 6.00. The summed E-state index contributed by atoms with van der Waals surface area (Å²) in [6.45, 7) is 12.7. The molecule has 0 atom stereocenters. The van der Waals surface area contributed by atoms with Gasteiger partial charge in [-0.25, -0.2) is 0 Å². The van der Waals surface area contributed by atoms with E-state index in [1.807, 2.05) is 0 Å². The van der Waals surface area contributed by atoms with Crippen molar-refractivity contribution in [2.24, 2.45) is 5.92 Å². The smallest absolute Gasteiger partial charge is 0.137 e. The van der Waals surface area contributed by atoms with Crippen molar-refractivity contribution in [2.75, 3.05) is 6.54 Å². The number of benzene rings is 1. The number of nitrogens with one attached hydrogen (secondary N) is 1. The lowest BCUT2D eigenvalue weighted by Crippen LogP contribution is -2.18. The molecule has 2 heteroatoms. The van der Waals surface area contributed by atoms with E-state index in [0.29, 0.717) is 5.92 Å². The van der Waals surface area contributed by atoms with Crippen molar-refractivity contribution in [1.82, 2.24) is 5.32 Å². The summed E-state index contributed by atoms with van der Waals surface area (Å²) < 4.78 is 6.00. The molecule has 2 aromatic rings. The van der Waals surface area contributed by atoms with Crippen LogP contribution < -0.4 is 5.32 Å². The summed E-state index contributed by atoms with van der Waals surface area (Å²) in [5, 5.41) is 4.70. The Balaban J connectivity index is 2.30. The van der Waals surface area contributed by atoms with Gasteiger partial charge in [-0.3, -0.25) is 0 Å². The van der Waals surface area contributed by atoms with Crippen LogP contribution in [0.15, 0.2) is 16.5 Å². The van der Waals surface area contributed by atoms with Gasteiger partial charge in [-0.05, 0) is 56.0 Å². The van der Waals surface area contributed by atoms with E-state index in [1.165, 1.54) is 22.1 Å². The van der Waals surface area contributed by atoms with Gasteiger partial charge in [-0.1, -0.05) is 19.9 Å². The molecule has 2 nitrogen and oxygen atoms in total. The largest absolute Gasteiger partial charge is 0.459 e. The highest BCUT2D eigenvalue weighted by atomic mass is 16.3. The molecule has 18 heavy (non-hydrogen) atoms. The molecule has 0 radical (unpaired) electrons. The van der Waals surface area contributed by atoms with Crippen LogP contribution in [0.2, 0.25) is 0 Å². The highest BCUT2D eigenvalue weighted by Gasteiger charge is 2.12. The summed E-state index contributed by atoms with van der Waals surface area (Å²) >= 11 is 0. The molecule has 0 unspecified atom stereocenters. The monoisotopic (exact) mass is 245 g/mol. The zero-order valence-corrected chi connectivity index (χ0v) is 12.1. The molecule has 1 heterocycles. The molecule has 0 amide bonds. The lowest BCUT2D eigenvalue weighted by atomic mass is 10.1. The van der Waals surface area contributed by atoms with Crippen LogP contribution in [0.4, 0.5) is 0 Å². The third kappa shape index (κ3) is 2.59. The Morgan fingerprint density at radius 2 is 1.89 bits per heavy atom. The average Bonchev–Trinajstić information content (AvgIpc) is 2.57. The van der Waals surface area contributed by atoms with Crippen LogP contribution in [-0.2, 0) is 6.54 Å². The van der Waals surface area contributed by atoms with E-state index in [4.69, 9.17) is 4.42 Å². The third-order valence-electron chi connectivity index (χ3n) is 3.30. The quantitative estimate of drug-likeness (QED) is 0.877. The molecular formula is C16H23NO. The normalized spacial score (nSPS) is 11.7. The fourth-order valence-corrected chi connectivity index (χ4v) is 2.36. The van der Waals surface area contributed by atoms with Gasteiger partial charge in [0.2, 0.25) is 0 Å². The van der Waals surface area contributed by atoms with Crippen molar-refractivity contribution < 1.29 is 4.42 Å². The topological polar surface area (TPSA) is 25.2 Å². The summed E-state index contributed by atoms with van der Waals surface area (Å²) in [6.07, 6.45) is 0. The Kier molecular flexibility index (Phi) is 3.76. The summed E-state index contributed by atoms with van der Waals surface area (Å²) in [5.41, 5.74) is 4.83. The second-order valence-electron chi connectivity index (χ2n) is 5.63. The van der Waals surface area contributed by atoms with Gasteiger partial charge in [0.15, 0.2) is 0 Å². The highest BCUT2D eigenvalue weighted by Crippen LogP contribution is 2.28. The fraction of sp³-hybridized carbons (Fsp3) is 0.500. The minimum absolute atomic E-state index is 0.665. The molecule has 0 aliphatic heterocycles. The maximum absolute atomic E-state index is 6.00. The number of furan rings is 1. The fourth-order valence-electron chi connectivity index (χ4n) is 2.36. The summed E-state index contributed by atoms with van der Waals surface area (Å²) in [4.78, 5) is 0. The van der Waals surface area contributed by atoms with Crippen LogP contribution in [0.1, 0.15) is 36.3 Å². The summed E-state index contributed by atoms with van der Waals surface area (Å²) in [7, 11) is 0. The van der Waals surface area contributed by atoms with Gasteiger partial charge < -0.3 is 9.73 Å². The van der Waals surface area contributed by atoms with Gasteiger partial charge in [0.1, 0.15) is 11.3 Å². The predicted octanol–water partition coefficient (Wildman–Crippen LogP) is 4.10. The number of fused-ring (bicyclic) bond motifs is 1. The minimum Gasteiger partial charge on any atom is -0.459 e. The second-order valence-corrected chi connectivity index (χ2v) is 5.63. The van der Waals surface area contributed by atoms with E-state index in [-0.39, 0.29) is 0 Å². The molecule has 0 saturated heterocycles. The van der Waals surface area contributed by atoms with E-state index in [9.17, 15) is 0 Å². The Morgan fingerprint density at radius 1 is 1.17 bits per heavy atom. The molecular weight excluding hydrogens is 222 g/mol. The average molecular weight is 245 g/mol. The van der Waals surface area contributed by atoms with Crippen LogP contribution in [-0.4, -0.2) is 6.54 Å². The first-order valence-corrected chi connectivity index (χ1v) is 6.69. The number of hydrogen-bond acceptors (Lipinski definition) is 2. The van der Waals surface area contributed by atoms with E-state index in [2.05, 4.69) is 52.1 Å². The molecule has 1 N–H and O–H groups in total. The van der Waals surface area contributed by atoms with E-state index < -0.39 is 0 Å². The first kappa shape index (κ1) is 13.2. The number of rotatable bonds is 4. The highest BCUT2D eigenvalue weighted by molar-refractivity contribution is 5.85.